The molecule has 1 aliphatic carbocycles. The van der Waals surface area contributed by atoms with E-state index in [4.69, 9.17) is 9.84 Å². The highest BCUT2D eigenvalue weighted by Gasteiger charge is 2.53. The number of nitrogens with one attached hydrogen (secondary N) is 1. The van der Waals surface area contributed by atoms with Crippen LogP contribution >= 0.6 is 11.3 Å². The molecule has 2 aliphatic rings. The molecule has 8 nitrogen and oxygen atoms in total. The zero-order valence-electron chi connectivity index (χ0n) is 18.1. The molecule has 1 atom stereocenters. The van der Waals surface area contributed by atoms with Crippen molar-refractivity contribution in [1.29, 1.82) is 0 Å². The third-order valence-corrected chi connectivity index (χ3v) is 7.07. The number of benzene rings is 2. The van der Waals surface area contributed by atoms with E-state index >= 15 is 0 Å². The van der Waals surface area contributed by atoms with Crippen LogP contribution in [0.4, 0.5) is 18.7 Å². The highest BCUT2D eigenvalue weighted by Crippen LogP contribution is 2.44. The Morgan fingerprint density at radius 3 is 2.34 bits per heavy atom. The van der Waals surface area contributed by atoms with E-state index in [1.54, 1.807) is 0 Å². The number of hydrogen-bond donors (Lipinski definition) is 2. The van der Waals surface area contributed by atoms with Gasteiger partial charge in [0.2, 0.25) is 0 Å². The van der Waals surface area contributed by atoms with Gasteiger partial charge in [-0.2, -0.15) is 0 Å². The molecule has 35 heavy (non-hydrogen) atoms. The first-order chi connectivity index (χ1) is 16.7. The summed E-state index contributed by atoms with van der Waals surface area (Å²) in [6, 6.07) is 15.8. The number of carbonyl (C=O) groups is 3. The van der Waals surface area contributed by atoms with Gasteiger partial charge >= 0.3 is 12.1 Å². The number of carboxylic acid groups (broad SMARTS) is 1. The standard InChI is InChI=1S/C24H19F2N3O5S/c25-24(26)12-29(10-18(24)21(31)32)20(30)19-9-27-22(35-19)28-23(33)34-11-17-15-7-3-1-5-13(15)14-6-2-4-8-16(14)17/h1-9,17-18H,10-12H2,(H,31,32)(H,27,28,33). The van der Waals surface area contributed by atoms with Gasteiger partial charge < -0.3 is 14.7 Å². The lowest BCUT2D eigenvalue weighted by atomic mass is 9.98. The van der Waals surface area contributed by atoms with E-state index in [1.807, 2.05) is 48.5 Å². The quantitative estimate of drug-likeness (QED) is 0.542. The number of fused-ring (bicyclic) bond motifs is 3. The minimum absolute atomic E-state index is 0.000728. The van der Waals surface area contributed by atoms with E-state index in [0.717, 1.165) is 44.7 Å². The lowest BCUT2D eigenvalue weighted by Gasteiger charge is -2.14. The topological polar surface area (TPSA) is 109 Å². The first kappa shape index (κ1) is 22.9. The van der Waals surface area contributed by atoms with E-state index in [-0.39, 0.29) is 22.5 Å². The number of ether oxygens (including phenoxy) is 1. The Labute approximate surface area is 202 Å². The summed E-state index contributed by atoms with van der Waals surface area (Å²) in [5, 5.41) is 11.5. The number of halogens is 2. The van der Waals surface area contributed by atoms with Crippen LogP contribution in [0.5, 0.6) is 0 Å². The fraction of sp³-hybridized carbons (Fsp3) is 0.250. The van der Waals surface area contributed by atoms with E-state index in [2.05, 4.69) is 10.3 Å². The van der Waals surface area contributed by atoms with Crippen LogP contribution in [-0.4, -0.2) is 58.6 Å². The molecule has 5 rings (SSSR count). The first-order valence-corrected chi connectivity index (χ1v) is 11.5. The number of alkyl halides is 2. The number of aromatic nitrogens is 1. The Bertz CT molecular complexity index is 1280. The maximum atomic E-state index is 13.9. The van der Waals surface area contributed by atoms with Gasteiger partial charge in [-0.3, -0.25) is 14.9 Å². The monoisotopic (exact) mass is 499 g/mol. The van der Waals surface area contributed by atoms with Crippen LogP contribution in [0.1, 0.15) is 26.7 Å². The smallest absolute Gasteiger partial charge is 0.413 e. The van der Waals surface area contributed by atoms with Crippen molar-refractivity contribution in [1.82, 2.24) is 9.88 Å². The molecule has 1 unspecified atom stereocenters. The number of carboxylic acids is 1. The molecule has 0 bridgehead atoms. The molecule has 1 aromatic heterocycles. The van der Waals surface area contributed by atoms with Crippen LogP contribution in [0.25, 0.3) is 11.1 Å². The molecule has 2 amide bonds. The summed E-state index contributed by atoms with van der Waals surface area (Å²) < 4.78 is 33.2. The fourth-order valence-electron chi connectivity index (χ4n) is 4.51. The number of amides is 2. The molecule has 0 radical (unpaired) electrons. The summed E-state index contributed by atoms with van der Waals surface area (Å²) in [5.74, 6) is -8.04. The van der Waals surface area contributed by atoms with Crippen LogP contribution in [-0.2, 0) is 9.53 Å². The summed E-state index contributed by atoms with van der Waals surface area (Å²) in [6.45, 7) is -1.50. The second kappa shape index (κ2) is 8.73. The maximum Gasteiger partial charge on any atom is 0.413 e. The van der Waals surface area contributed by atoms with Crippen LogP contribution in [0.3, 0.4) is 0 Å². The molecule has 1 saturated heterocycles. The van der Waals surface area contributed by atoms with Gasteiger partial charge in [-0.05, 0) is 22.3 Å². The normalized spacial score (nSPS) is 18.1. The molecule has 2 aromatic carbocycles. The average molecular weight is 499 g/mol. The third-order valence-electron chi connectivity index (χ3n) is 6.17. The van der Waals surface area contributed by atoms with Crippen molar-refractivity contribution in [3.05, 3.63) is 70.7 Å². The lowest BCUT2D eigenvalue weighted by molar-refractivity contribution is -0.151. The lowest BCUT2D eigenvalue weighted by Crippen LogP contribution is -2.33. The number of likely N-dealkylation sites (tertiary alicyclic amines) is 1. The number of carbonyl (C=O) groups excluding carboxylic acids is 2. The largest absolute Gasteiger partial charge is 0.481 e. The van der Waals surface area contributed by atoms with Crippen molar-refractivity contribution in [3.63, 3.8) is 0 Å². The summed E-state index contributed by atoms with van der Waals surface area (Å²) in [5.41, 5.74) is 4.31. The van der Waals surface area contributed by atoms with E-state index in [9.17, 15) is 23.2 Å². The number of hydrogen-bond acceptors (Lipinski definition) is 6. The molecule has 11 heteroatoms. The predicted octanol–water partition coefficient (Wildman–Crippen LogP) is 4.30. The average Bonchev–Trinajstić information content (AvgIpc) is 3.51. The SMILES string of the molecule is O=C(Nc1ncc(C(=O)N2CC(C(=O)O)C(F)(F)C2)s1)OCC1c2ccccc2-c2ccccc21. The van der Waals surface area contributed by atoms with Gasteiger partial charge in [0.25, 0.3) is 11.8 Å². The zero-order chi connectivity index (χ0) is 24.7. The van der Waals surface area contributed by atoms with Gasteiger partial charge in [-0.25, -0.2) is 18.6 Å². The first-order valence-electron chi connectivity index (χ1n) is 10.7. The second-order valence-corrected chi connectivity index (χ2v) is 9.35. The number of nitrogens with zero attached hydrogens (tertiary/aromatic N) is 2. The van der Waals surface area contributed by atoms with E-state index in [0.29, 0.717) is 0 Å². The molecule has 1 aliphatic heterocycles. The molecule has 0 saturated carbocycles. The van der Waals surface area contributed by atoms with Crippen molar-refractivity contribution in [2.45, 2.75) is 11.8 Å². The van der Waals surface area contributed by atoms with Gasteiger partial charge in [0, 0.05) is 12.5 Å². The van der Waals surface area contributed by atoms with Gasteiger partial charge in [-0.15, -0.1) is 0 Å². The van der Waals surface area contributed by atoms with E-state index in [1.165, 1.54) is 0 Å². The summed E-state index contributed by atoms with van der Waals surface area (Å²) >= 11 is 0.795. The number of aliphatic carboxylic acids is 1. The molecule has 2 heterocycles. The van der Waals surface area contributed by atoms with Gasteiger partial charge in [0.15, 0.2) is 5.13 Å². The minimum atomic E-state index is -3.52. The molecule has 1 fully saturated rings. The number of thiazole rings is 1. The Hall–Kier alpha value is -3.86. The van der Waals surface area contributed by atoms with Crippen molar-refractivity contribution in [2.75, 3.05) is 25.0 Å². The van der Waals surface area contributed by atoms with Gasteiger partial charge in [-0.1, -0.05) is 59.9 Å². The summed E-state index contributed by atoms with van der Waals surface area (Å²) in [4.78, 5) is 40.7. The molecule has 180 valence electrons. The van der Waals surface area contributed by atoms with Gasteiger partial charge in [0.05, 0.1) is 12.7 Å². The molecule has 0 spiro atoms. The molecular formula is C24H19F2N3O5S. The van der Waals surface area contributed by atoms with Crippen molar-refractivity contribution >= 4 is 34.4 Å². The van der Waals surface area contributed by atoms with Gasteiger partial charge in [0.1, 0.15) is 17.4 Å². The van der Waals surface area contributed by atoms with Crippen molar-refractivity contribution < 1.29 is 33.0 Å². The van der Waals surface area contributed by atoms with Crippen LogP contribution < -0.4 is 5.32 Å². The zero-order valence-corrected chi connectivity index (χ0v) is 18.9. The molecular weight excluding hydrogens is 480 g/mol. The van der Waals surface area contributed by atoms with Crippen molar-refractivity contribution in [3.8, 4) is 11.1 Å². The highest BCUT2D eigenvalue weighted by molar-refractivity contribution is 7.17. The van der Waals surface area contributed by atoms with Crippen molar-refractivity contribution in [2.24, 2.45) is 5.92 Å². The molecule has 3 aromatic rings. The van der Waals surface area contributed by atoms with Crippen LogP contribution in [0, 0.1) is 5.92 Å². The summed E-state index contributed by atoms with van der Waals surface area (Å²) in [7, 11) is 0. The summed E-state index contributed by atoms with van der Waals surface area (Å²) in [6.07, 6.45) is 0.386. The third kappa shape index (κ3) is 4.23. The Morgan fingerprint density at radius 1 is 1.11 bits per heavy atom. The second-order valence-electron chi connectivity index (χ2n) is 8.32. The molecule has 2 N–H and O–H groups in total. The van der Waals surface area contributed by atoms with Crippen LogP contribution in [0.2, 0.25) is 0 Å². The van der Waals surface area contributed by atoms with E-state index < -0.39 is 42.9 Å². The number of anilines is 1. The predicted molar refractivity (Wildman–Crippen MR) is 123 cm³/mol. The fourth-order valence-corrected chi connectivity index (χ4v) is 5.27. The highest BCUT2D eigenvalue weighted by atomic mass is 32.1. The number of rotatable bonds is 5. The van der Waals surface area contributed by atoms with Crippen LogP contribution in [0.15, 0.2) is 54.7 Å². The Balaban J connectivity index is 1.21. The Kier molecular flexibility index (Phi) is 5.72. The minimum Gasteiger partial charge on any atom is -0.481 e. The maximum absolute atomic E-state index is 13.9. The Morgan fingerprint density at radius 2 is 1.74 bits per heavy atom.